The molecule has 0 aliphatic heterocycles. The molecule has 4 heteroatoms. The largest absolute Gasteiger partial charge is 0.495 e. The summed E-state index contributed by atoms with van der Waals surface area (Å²) in [7, 11) is 1.64. The third kappa shape index (κ3) is 2.40. The highest BCUT2D eigenvalue weighted by Gasteiger charge is 2.32. The van der Waals surface area contributed by atoms with E-state index in [0.717, 1.165) is 24.4 Å². The summed E-state index contributed by atoms with van der Waals surface area (Å²) in [6.45, 7) is 0. The summed E-state index contributed by atoms with van der Waals surface area (Å²) >= 11 is 6.06. The minimum Gasteiger partial charge on any atom is -0.495 e. The summed E-state index contributed by atoms with van der Waals surface area (Å²) in [4.78, 5) is 4.31. The maximum Gasteiger partial charge on any atom is 0.137 e. The van der Waals surface area contributed by atoms with Crippen LogP contribution in [0.25, 0.3) is 0 Å². The van der Waals surface area contributed by atoms with E-state index in [-0.39, 0.29) is 5.54 Å². The molecule has 88 valence electrons. The fourth-order valence-electron chi connectivity index (χ4n) is 2.19. The molecule has 0 aromatic carbocycles. The molecule has 2 rings (SSSR count). The monoisotopic (exact) mass is 240 g/mol. The van der Waals surface area contributed by atoms with Gasteiger partial charge in [-0.15, -0.1) is 11.6 Å². The predicted molar refractivity (Wildman–Crippen MR) is 66.3 cm³/mol. The molecule has 16 heavy (non-hydrogen) atoms. The first-order valence-corrected chi connectivity index (χ1v) is 6.16. The van der Waals surface area contributed by atoms with Crippen LogP contribution in [0.4, 0.5) is 5.82 Å². The molecule has 0 saturated heterocycles. The fourth-order valence-corrected chi connectivity index (χ4v) is 2.52. The minimum absolute atomic E-state index is 0.0448. The van der Waals surface area contributed by atoms with Gasteiger partial charge in [0.15, 0.2) is 0 Å². The number of rotatable bonds is 4. The van der Waals surface area contributed by atoms with Crippen LogP contribution in [0.1, 0.15) is 25.7 Å². The molecule has 0 amide bonds. The van der Waals surface area contributed by atoms with E-state index in [0.29, 0.717) is 5.88 Å². The molecule has 1 aromatic rings. The van der Waals surface area contributed by atoms with Crippen LogP contribution in [0.3, 0.4) is 0 Å². The van der Waals surface area contributed by atoms with E-state index < -0.39 is 0 Å². The molecule has 1 heterocycles. The van der Waals surface area contributed by atoms with Crippen molar-refractivity contribution in [3.63, 3.8) is 0 Å². The third-order valence-electron chi connectivity index (χ3n) is 3.18. The highest BCUT2D eigenvalue weighted by atomic mass is 35.5. The maximum atomic E-state index is 6.06. The second-order valence-corrected chi connectivity index (χ2v) is 4.60. The van der Waals surface area contributed by atoms with Gasteiger partial charge in [0.05, 0.1) is 18.8 Å². The molecule has 1 aliphatic rings. The van der Waals surface area contributed by atoms with Crippen molar-refractivity contribution >= 4 is 17.4 Å². The van der Waals surface area contributed by atoms with Crippen LogP contribution >= 0.6 is 11.6 Å². The zero-order valence-electron chi connectivity index (χ0n) is 9.50. The Morgan fingerprint density at radius 3 is 2.69 bits per heavy atom. The lowest BCUT2D eigenvalue weighted by Crippen LogP contribution is -2.37. The number of methoxy groups -OCH3 is 1. The van der Waals surface area contributed by atoms with E-state index >= 15 is 0 Å². The summed E-state index contributed by atoms with van der Waals surface area (Å²) in [5, 5.41) is 3.46. The molecule has 1 fully saturated rings. The molecule has 1 saturated carbocycles. The van der Waals surface area contributed by atoms with Gasteiger partial charge in [-0.1, -0.05) is 12.8 Å². The van der Waals surface area contributed by atoms with Gasteiger partial charge >= 0.3 is 0 Å². The molecule has 0 bridgehead atoms. The highest BCUT2D eigenvalue weighted by molar-refractivity contribution is 6.18. The van der Waals surface area contributed by atoms with Crippen molar-refractivity contribution in [2.75, 3.05) is 18.3 Å². The van der Waals surface area contributed by atoms with Crippen molar-refractivity contribution in [1.29, 1.82) is 0 Å². The zero-order valence-corrected chi connectivity index (χ0v) is 10.3. The van der Waals surface area contributed by atoms with Gasteiger partial charge in [0, 0.05) is 5.88 Å². The minimum atomic E-state index is 0.0448. The quantitative estimate of drug-likeness (QED) is 0.822. The van der Waals surface area contributed by atoms with E-state index in [2.05, 4.69) is 10.3 Å². The van der Waals surface area contributed by atoms with Crippen molar-refractivity contribution in [2.24, 2.45) is 0 Å². The fraction of sp³-hybridized carbons (Fsp3) is 0.583. The number of hydrogen-bond donors (Lipinski definition) is 1. The summed E-state index contributed by atoms with van der Waals surface area (Å²) in [5.74, 6) is 2.29. The number of pyridine rings is 1. The summed E-state index contributed by atoms with van der Waals surface area (Å²) in [6.07, 6.45) is 6.47. The van der Waals surface area contributed by atoms with Crippen LogP contribution in [-0.2, 0) is 0 Å². The van der Waals surface area contributed by atoms with Crippen LogP contribution in [0.5, 0.6) is 5.75 Å². The standard InChI is InChI=1S/C12H17ClN2O/c1-16-10-4-5-11(14-8-10)15-12(9-13)6-2-3-7-12/h4-5,8H,2-3,6-7,9H2,1H3,(H,14,15). The molecule has 0 spiro atoms. The number of ether oxygens (including phenoxy) is 1. The lowest BCUT2D eigenvalue weighted by Gasteiger charge is -2.28. The average Bonchev–Trinajstić information content (AvgIpc) is 2.79. The van der Waals surface area contributed by atoms with Crippen LogP contribution in [-0.4, -0.2) is 23.5 Å². The number of nitrogens with zero attached hydrogens (tertiary/aromatic N) is 1. The van der Waals surface area contributed by atoms with Gasteiger partial charge in [-0.2, -0.15) is 0 Å². The second kappa shape index (κ2) is 4.91. The highest BCUT2D eigenvalue weighted by Crippen LogP contribution is 2.33. The number of aromatic nitrogens is 1. The van der Waals surface area contributed by atoms with Gasteiger partial charge in [0.25, 0.3) is 0 Å². The molecule has 1 N–H and O–H groups in total. The zero-order chi connectivity index (χ0) is 11.4. The molecule has 3 nitrogen and oxygen atoms in total. The van der Waals surface area contributed by atoms with E-state index in [9.17, 15) is 0 Å². The normalized spacial score (nSPS) is 18.4. The van der Waals surface area contributed by atoms with Crippen molar-refractivity contribution in [3.05, 3.63) is 18.3 Å². The number of alkyl halides is 1. The number of anilines is 1. The van der Waals surface area contributed by atoms with Crippen molar-refractivity contribution < 1.29 is 4.74 Å². The van der Waals surface area contributed by atoms with Crippen LogP contribution in [0, 0.1) is 0 Å². The SMILES string of the molecule is COc1ccc(NC2(CCl)CCCC2)nc1. The smallest absolute Gasteiger partial charge is 0.137 e. The Morgan fingerprint density at radius 1 is 1.44 bits per heavy atom. The predicted octanol–water partition coefficient (Wildman–Crippen LogP) is 3.05. The van der Waals surface area contributed by atoms with Gasteiger partial charge < -0.3 is 10.1 Å². The number of hydrogen-bond acceptors (Lipinski definition) is 3. The van der Waals surface area contributed by atoms with Crippen LogP contribution in [0.15, 0.2) is 18.3 Å². The van der Waals surface area contributed by atoms with E-state index in [1.807, 2.05) is 12.1 Å². The molecule has 0 atom stereocenters. The van der Waals surface area contributed by atoms with E-state index in [4.69, 9.17) is 16.3 Å². The van der Waals surface area contributed by atoms with Gasteiger partial charge in [0.2, 0.25) is 0 Å². The van der Waals surface area contributed by atoms with Gasteiger partial charge in [-0.25, -0.2) is 4.98 Å². The van der Waals surface area contributed by atoms with E-state index in [1.54, 1.807) is 13.3 Å². The molecule has 1 aromatic heterocycles. The number of halogens is 1. The van der Waals surface area contributed by atoms with E-state index in [1.165, 1.54) is 12.8 Å². The first-order chi connectivity index (χ1) is 7.78. The van der Waals surface area contributed by atoms with Gasteiger partial charge in [-0.05, 0) is 25.0 Å². The number of nitrogens with one attached hydrogen (secondary N) is 1. The van der Waals surface area contributed by atoms with Crippen molar-refractivity contribution in [2.45, 2.75) is 31.2 Å². The van der Waals surface area contributed by atoms with Gasteiger partial charge in [-0.3, -0.25) is 0 Å². The average molecular weight is 241 g/mol. The van der Waals surface area contributed by atoms with Gasteiger partial charge in [0.1, 0.15) is 11.6 Å². The summed E-state index contributed by atoms with van der Waals surface area (Å²) in [5.41, 5.74) is 0.0448. The first-order valence-electron chi connectivity index (χ1n) is 5.62. The Bertz CT molecular complexity index is 333. The molecular formula is C12H17ClN2O. The third-order valence-corrected chi connectivity index (χ3v) is 3.69. The Balaban J connectivity index is 2.07. The first kappa shape index (κ1) is 11.5. The lowest BCUT2D eigenvalue weighted by molar-refractivity contribution is 0.413. The topological polar surface area (TPSA) is 34.1 Å². The Labute approximate surface area is 101 Å². The Hall–Kier alpha value is -0.960. The van der Waals surface area contributed by atoms with Crippen LogP contribution < -0.4 is 10.1 Å². The van der Waals surface area contributed by atoms with Crippen LogP contribution in [0.2, 0.25) is 0 Å². The summed E-state index contributed by atoms with van der Waals surface area (Å²) < 4.78 is 5.07. The van der Waals surface area contributed by atoms with Crippen molar-refractivity contribution in [1.82, 2.24) is 4.98 Å². The molecular weight excluding hydrogens is 224 g/mol. The summed E-state index contributed by atoms with van der Waals surface area (Å²) in [6, 6.07) is 3.84. The lowest BCUT2D eigenvalue weighted by atomic mass is 10.0. The Morgan fingerprint density at radius 2 is 2.19 bits per heavy atom. The van der Waals surface area contributed by atoms with Crippen molar-refractivity contribution in [3.8, 4) is 5.75 Å². The molecule has 0 radical (unpaired) electrons. The Kier molecular flexibility index (Phi) is 3.54. The molecule has 1 aliphatic carbocycles. The maximum absolute atomic E-state index is 6.06. The molecule has 0 unspecified atom stereocenters. The second-order valence-electron chi connectivity index (χ2n) is 4.33.